The van der Waals surface area contributed by atoms with Crippen LogP contribution < -0.4 is 5.32 Å². The highest BCUT2D eigenvalue weighted by atomic mass is 35.5. The van der Waals surface area contributed by atoms with E-state index in [4.69, 9.17) is 11.6 Å². The minimum Gasteiger partial charge on any atom is -0.394 e. The van der Waals surface area contributed by atoms with Crippen molar-refractivity contribution in [1.82, 2.24) is 20.5 Å². The Morgan fingerprint density at radius 3 is 2.75 bits per heavy atom. The molecule has 0 aliphatic rings. The molecule has 0 aliphatic heterocycles. The fourth-order valence-corrected chi connectivity index (χ4v) is 2.50. The number of hydrogen-bond acceptors (Lipinski definition) is 4. The number of pyridine rings is 1. The summed E-state index contributed by atoms with van der Waals surface area (Å²) >= 11 is 5.95. The maximum Gasteiger partial charge on any atom is 0.269 e. The van der Waals surface area contributed by atoms with E-state index in [1.165, 1.54) is 0 Å². The van der Waals surface area contributed by atoms with E-state index < -0.39 is 6.04 Å². The Labute approximate surface area is 143 Å². The molecule has 1 aromatic carbocycles. The van der Waals surface area contributed by atoms with Crippen molar-refractivity contribution < 1.29 is 9.90 Å². The number of aromatic nitrogens is 3. The van der Waals surface area contributed by atoms with Gasteiger partial charge in [0.25, 0.3) is 5.91 Å². The van der Waals surface area contributed by atoms with Crippen LogP contribution in [0.5, 0.6) is 0 Å². The average molecular weight is 343 g/mol. The molecule has 24 heavy (non-hydrogen) atoms. The van der Waals surface area contributed by atoms with Crippen molar-refractivity contribution in [3.05, 3.63) is 71.1 Å². The molecule has 0 fully saturated rings. The van der Waals surface area contributed by atoms with Crippen LogP contribution >= 0.6 is 11.6 Å². The zero-order chi connectivity index (χ0) is 16.9. The van der Waals surface area contributed by atoms with Crippen LogP contribution in [-0.2, 0) is 0 Å². The van der Waals surface area contributed by atoms with Gasteiger partial charge in [-0.3, -0.25) is 14.9 Å². The maximum atomic E-state index is 12.4. The fourth-order valence-electron chi connectivity index (χ4n) is 2.30. The highest BCUT2D eigenvalue weighted by molar-refractivity contribution is 6.30. The maximum absolute atomic E-state index is 12.4. The number of nitrogens with one attached hydrogen (secondary N) is 2. The number of halogens is 1. The molecule has 122 valence electrons. The molecular weight excluding hydrogens is 328 g/mol. The van der Waals surface area contributed by atoms with Crippen LogP contribution in [0.15, 0.2) is 54.9 Å². The molecule has 2 heterocycles. The van der Waals surface area contributed by atoms with E-state index in [1.807, 2.05) is 0 Å². The topological polar surface area (TPSA) is 90.9 Å². The lowest BCUT2D eigenvalue weighted by molar-refractivity contribution is 0.0911. The van der Waals surface area contributed by atoms with Gasteiger partial charge in [0, 0.05) is 23.0 Å². The summed E-state index contributed by atoms with van der Waals surface area (Å²) in [6.45, 7) is -0.239. The van der Waals surface area contributed by atoms with Crippen LogP contribution in [0.2, 0.25) is 5.02 Å². The van der Waals surface area contributed by atoms with Gasteiger partial charge in [-0.25, -0.2) is 0 Å². The average Bonchev–Trinajstić information content (AvgIpc) is 3.10. The van der Waals surface area contributed by atoms with Gasteiger partial charge in [-0.2, -0.15) is 5.10 Å². The number of rotatable bonds is 5. The van der Waals surface area contributed by atoms with E-state index in [0.717, 1.165) is 11.1 Å². The number of aromatic amines is 1. The van der Waals surface area contributed by atoms with Gasteiger partial charge in [0.1, 0.15) is 5.69 Å². The van der Waals surface area contributed by atoms with Crippen LogP contribution in [-0.4, -0.2) is 32.8 Å². The molecule has 6 nitrogen and oxygen atoms in total. The summed E-state index contributed by atoms with van der Waals surface area (Å²) in [6, 6.07) is 11.7. The number of aliphatic hydroxyl groups is 1. The number of H-pyrrole nitrogens is 1. The van der Waals surface area contributed by atoms with E-state index in [9.17, 15) is 9.90 Å². The predicted molar refractivity (Wildman–Crippen MR) is 90.6 cm³/mol. The molecule has 0 aliphatic carbocycles. The van der Waals surface area contributed by atoms with E-state index in [0.29, 0.717) is 16.4 Å². The Balaban J connectivity index is 1.76. The molecule has 0 bridgehead atoms. The molecule has 0 saturated heterocycles. The van der Waals surface area contributed by atoms with E-state index in [-0.39, 0.29) is 12.5 Å². The molecule has 3 N–H and O–H groups in total. The molecule has 1 amide bonds. The number of carbonyl (C=O) groups is 1. The minimum absolute atomic E-state index is 0.239. The Bertz CT molecular complexity index is 835. The molecule has 0 spiro atoms. The van der Waals surface area contributed by atoms with Crippen molar-refractivity contribution in [2.45, 2.75) is 6.04 Å². The first-order valence-corrected chi connectivity index (χ1v) is 7.68. The summed E-state index contributed by atoms with van der Waals surface area (Å²) in [5.41, 5.74) is 2.54. The zero-order valence-electron chi connectivity index (χ0n) is 12.6. The highest BCUT2D eigenvalue weighted by Crippen LogP contribution is 2.19. The zero-order valence-corrected chi connectivity index (χ0v) is 13.4. The second kappa shape index (κ2) is 7.25. The van der Waals surface area contributed by atoms with Crippen molar-refractivity contribution in [3.8, 4) is 11.3 Å². The summed E-state index contributed by atoms with van der Waals surface area (Å²) in [7, 11) is 0. The fraction of sp³-hybridized carbons (Fsp3) is 0.118. The Morgan fingerprint density at radius 2 is 2.04 bits per heavy atom. The molecule has 0 saturated carbocycles. The number of amides is 1. The lowest BCUT2D eigenvalue weighted by atomic mass is 10.1. The van der Waals surface area contributed by atoms with E-state index >= 15 is 0 Å². The Hall–Kier alpha value is -2.70. The first-order valence-electron chi connectivity index (χ1n) is 7.30. The first-order chi connectivity index (χ1) is 11.7. The van der Waals surface area contributed by atoms with Crippen molar-refractivity contribution >= 4 is 17.5 Å². The molecular formula is C17H15ClN4O2. The van der Waals surface area contributed by atoms with Gasteiger partial charge < -0.3 is 10.4 Å². The van der Waals surface area contributed by atoms with Gasteiger partial charge in [-0.15, -0.1) is 0 Å². The second-order valence-corrected chi connectivity index (χ2v) is 5.60. The number of aliphatic hydroxyl groups excluding tert-OH is 1. The summed E-state index contributed by atoms with van der Waals surface area (Å²) in [4.78, 5) is 16.3. The standard InChI is InChI=1S/C17H15ClN4O2/c18-13-3-1-2-12(8-13)16(10-23)20-17(24)15-9-14(21-22-15)11-4-6-19-7-5-11/h1-9,16,23H,10H2,(H,20,24)(H,21,22). The lowest BCUT2D eigenvalue weighted by Crippen LogP contribution is -2.31. The summed E-state index contributed by atoms with van der Waals surface area (Å²) in [6.07, 6.45) is 3.31. The smallest absolute Gasteiger partial charge is 0.269 e. The van der Waals surface area contributed by atoms with Crippen LogP contribution in [0.25, 0.3) is 11.3 Å². The van der Waals surface area contributed by atoms with Crippen molar-refractivity contribution in [2.75, 3.05) is 6.61 Å². The largest absolute Gasteiger partial charge is 0.394 e. The SMILES string of the molecule is O=C(NC(CO)c1cccc(Cl)c1)c1cc(-c2ccncc2)n[nH]1. The predicted octanol–water partition coefficient (Wildman–Crippen LogP) is 2.59. The van der Waals surface area contributed by atoms with Crippen LogP contribution in [0.1, 0.15) is 22.1 Å². The highest BCUT2D eigenvalue weighted by Gasteiger charge is 2.17. The van der Waals surface area contributed by atoms with Gasteiger partial charge in [0.05, 0.1) is 18.3 Å². The van der Waals surface area contributed by atoms with Gasteiger partial charge in [-0.05, 0) is 35.9 Å². The molecule has 1 unspecified atom stereocenters. The molecule has 3 aromatic rings. The van der Waals surface area contributed by atoms with Crippen LogP contribution in [0.3, 0.4) is 0 Å². The molecule has 2 aromatic heterocycles. The van der Waals surface area contributed by atoms with Crippen molar-refractivity contribution in [3.63, 3.8) is 0 Å². The second-order valence-electron chi connectivity index (χ2n) is 5.17. The van der Waals surface area contributed by atoms with Gasteiger partial charge in [0.2, 0.25) is 0 Å². The molecule has 1 atom stereocenters. The monoisotopic (exact) mass is 342 g/mol. The van der Waals surface area contributed by atoms with Gasteiger partial charge in [-0.1, -0.05) is 23.7 Å². The number of carbonyl (C=O) groups excluding carboxylic acids is 1. The van der Waals surface area contributed by atoms with Crippen LogP contribution in [0, 0.1) is 0 Å². The summed E-state index contributed by atoms with van der Waals surface area (Å²) in [5.74, 6) is -0.359. The lowest BCUT2D eigenvalue weighted by Gasteiger charge is -2.16. The molecule has 0 radical (unpaired) electrons. The van der Waals surface area contributed by atoms with Gasteiger partial charge >= 0.3 is 0 Å². The van der Waals surface area contributed by atoms with Crippen molar-refractivity contribution in [1.29, 1.82) is 0 Å². The normalized spacial score (nSPS) is 11.9. The third kappa shape index (κ3) is 3.61. The van der Waals surface area contributed by atoms with Gasteiger partial charge in [0.15, 0.2) is 0 Å². The Morgan fingerprint density at radius 1 is 1.25 bits per heavy atom. The summed E-state index contributed by atoms with van der Waals surface area (Å²) in [5, 5.41) is 19.7. The van der Waals surface area contributed by atoms with E-state index in [2.05, 4.69) is 20.5 Å². The van der Waals surface area contributed by atoms with Crippen molar-refractivity contribution in [2.24, 2.45) is 0 Å². The number of benzene rings is 1. The Kier molecular flexibility index (Phi) is 4.88. The first kappa shape index (κ1) is 16.2. The summed E-state index contributed by atoms with van der Waals surface area (Å²) < 4.78 is 0. The minimum atomic E-state index is -0.552. The van der Waals surface area contributed by atoms with Crippen LogP contribution in [0.4, 0.5) is 0 Å². The quantitative estimate of drug-likeness (QED) is 0.664. The third-order valence-electron chi connectivity index (χ3n) is 3.54. The number of hydrogen-bond donors (Lipinski definition) is 3. The number of nitrogens with zero attached hydrogens (tertiary/aromatic N) is 2. The van der Waals surface area contributed by atoms with E-state index in [1.54, 1.807) is 54.9 Å². The third-order valence-corrected chi connectivity index (χ3v) is 3.77. The molecule has 7 heteroatoms. The molecule has 3 rings (SSSR count).